The van der Waals surface area contributed by atoms with Gasteiger partial charge in [0.25, 0.3) is 5.89 Å². The summed E-state index contributed by atoms with van der Waals surface area (Å²) in [5.74, 6) is 2.05. The Bertz CT molecular complexity index is 1140. The van der Waals surface area contributed by atoms with Crippen molar-refractivity contribution in [2.45, 2.75) is 24.2 Å². The van der Waals surface area contributed by atoms with Crippen LogP contribution in [0.25, 0.3) is 22.8 Å². The summed E-state index contributed by atoms with van der Waals surface area (Å²) in [4.78, 5) is 4.70. The van der Waals surface area contributed by atoms with E-state index in [9.17, 15) is 8.42 Å². The van der Waals surface area contributed by atoms with E-state index in [1.807, 2.05) is 6.07 Å². The second-order valence-electron chi connectivity index (χ2n) is 6.98. The smallest absolute Gasteiger partial charge is 0.258 e. The minimum atomic E-state index is -3.46. The van der Waals surface area contributed by atoms with E-state index in [-0.39, 0.29) is 11.7 Å². The predicted molar refractivity (Wildman–Crippen MR) is 104 cm³/mol. The molecule has 2 aromatic carbocycles. The zero-order valence-electron chi connectivity index (χ0n) is 15.6. The van der Waals surface area contributed by atoms with Crippen LogP contribution >= 0.6 is 0 Å². The van der Waals surface area contributed by atoms with E-state index in [1.165, 1.54) is 0 Å². The normalized spacial score (nSPS) is 16.8. The third-order valence-electron chi connectivity index (χ3n) is 5.11. The summed E-state index contributed by atoms with van der Waals surface area (Å²) in [6.07, 6.45) is 2.89. The Labute approximate surface area is 168 Å². The van der Waals surface area contributed by atoms with Crippen LogP contribution < -0.4 is 9.47 Å². The first kappa shape index (κ1) is 18.1. The lowest BCUT2D eigenvalue weighted by Gasteiger charge is -2.25. The number of aromatic nitrogens is 2. The Morgan fingerprint density at radius 1 is 0.862 bits per heavy atom. The standard InChI is InChI=1S/C20H19N3O5S/c24-29(25,23-10-2-1-3-11-23)16-7-4-14(5-8-16)19-21-20(28-22-19)15-6-9-17-18(12-15)27-13-26-17/h4-9,12H,1-3,10-11,13H2. The van der Waals surface area contributed by atoms with Crippen LogP contribution in [0.5, 0.6) is 11.5 Å². The number of hydrogen-bond donors (Lipinski definition) is 0. The van der Waals surface area contributed by atoms with Gasteiger partial charge in [-0.15, -0.1) is 0 Å². The first-order valence-corrected chi connectivity index (χ1v) is 10.9. The molecule has 3 heterocycles. The number of rotatable bonds is 4. The molecule has 1 saturated heterocycles. The topological polar surface area (TPSA) is 94.8 Å². The van der Waals surface area contributed by atoms with Gasteiger partial charge in [-0.3, -0.25) is 0 Å². The summed E-state index contributed by atoms with van der Waals surface area (Å²) in [5.41, 5.74) is 1.40. The highest BCUT2D eigenvalue weighted by atomic mass is 32.2. The molecule has 5 rings (SSSR count). The maximum atomic E-state index is 12.8. The van der Waals surface area contributed by atoms with Gasteiger partial charge in [-0.05, 0) is 55.3 Å². The zero-order valence-corrected chi connectivity index (χ0v) is 16.4. The van der Waals surface area contributed by atoms with Crippen LogP contribution in [-0.4, -0.2) is 42.7 Å². The van der Waals surface area contributed by atoms with Gasteiger partial charge >= 0.3 is 0 Å². The molecule has 150 valence electrons. The van der Waals surface area contributed by atoms with Gasteiger partial charge in [0.05, 0.1) is 4.90 Å². The van der Waals surface area contributed by atoms with E-state index >= 15 is 0 Å². The SMILES string of the molecule is O=S(=O)(c1ccc(-c2noc(-c3ccc4c(c3)OCO4)n2)cc1)N1CCCCC1. The van der Waals surface area contributed by atoms with Crippen molar-refractivity contribution in [3.8, 4) is 34.3 Å². The fourth-order valence-electron chi connectivity index (χ4n) is 3.52. The van der Waals surface area contributed by atoms with Crippen LogP contribution in [-0.2, 0) is 10.0 Å². The molecule has 0 bridgehead atoms. The third kappa shape index (κ3) is 3.36. The molecule has 9 heteroatoms. The van der Waals surface area contributed by atoms with Crippen molar-refractivity contribution in [3.63, 3.8) is 0 Å². The maximum absolute atomic E-state index is 12.8. The van der Waals surface area contributed by atoms with E-state index in [4.69, 9.17) is 14.0 Å². The largest absolute Gasteiger partial charge is 0.454 e. The van der Waals surface area contributed by atoms with Gasteiger partial charge in [0, 0.05) is 24.2 Å². The summed E-state index contributed by atoms with van der Waals surface area (Å²) in [7, 11) is -3.46. The van der Waals surface area contributed by atoms with E-state index in [1.54, 1.807) is 40.7 Å². The van der Waals surface area contributed by atoms with Crippen molar-refractivity contribution in [2.24, 2.45) is 0 Å². The molecule has 0 atom stereocenters. The van der Waals surface area contributed by atoms with Gasteiger partial charge in [-0.1, -0.05) is 11.6 Å². The lowest BCUT2D eigenvalue weighted by Crippen LogP contribution is -2.35. The molecule has 2 aliphatic rings. The van der Waals surface area contributed by atoms with Gasteiger partial charge < -0.3 is 14.0 Å². The number of ether oxygens (including phenoxy) is 2. The van der Waals surface area contributed by atoms with Crippen molar-refractivity contribution >= 4 is 10.0 Å². The molecular weight excluding hydrogens is 394 g/mol. The van der Waals surface area contributed by atoms with Crippen LogP contribution in [0.4, 0.5) is 0 Å². The van der Waals surface area contributed by atoms with E-state index in [0.29, 0.717) is 41.9 Å². The second kappa shape index (κ2) is 7.16. The monoisotopic (exact) mass is 413 g/mol. The number of sulfonamides is 1. The van der Waals surface area contributed by atoms with E-state index in [0.717, 1.165) is 24.8 Å². The van der Waals surface area contributed by atoms with Crippen LogP contribution in [0.2, 0.25) is 0 Å². The van der Waals surface area contributed by atoms with E-state index < -0.39 is 10.0 Å². The lowest BCUT2D eigenvalue weighted by atomic mass is 10.2. The molecule has 1 fully saturated rings. The Morgan fingerprint density at radius 2 is 1.59 bits per heavy atom. The minimum Gasteiger partial charge on any atom is -0.454 e. The molecule has 0 radical (unpaired) electrons. The molecule has 3 aromatic rings. The number of benzene rings is 2. The molecule has 0 saturated carbocycles. The lowest BCUT2D eigenvalue weighted by molar-refractivity contribution is 0.174. The summed E-state index contributed by atoms with van der Waals surface area (Å²) >= 11 is 0. The highest BCUT2D eigenvalue weighted by molar-refractivity contribution is 7.89. The molecule has 2 aliphatic heterocycles. The van der Waals surface area contributed by atoms with Crippen molar-refractivity contribution in [1.29, 1.82) is 0 Å². The minimum absolute atomic E-state index is 0.195. The van der Waals surface area contributed by atoms with Crippen LogP contribution in [0, 0.1) is 0 Å². The first-order chi connectivity index (χ1) is 14.1. The molecular formula is C20H19N3O5S. The number of nitrogens with zero attached hydrogens (tertiary/aromatic N) is 3. The Morgan fingerprint density at radius 3 is 2.38 bits per heavy atom. The predicted octanol–water partition coefficient (Wildman–Crippen LogP) is 3.31. The van der Waals surface area contributed by atoms with Gasteiger partial charge in [0.2, 0.25) is 22.6 Å². The van der Waals surface area contributed by atoms with Crippen molar-refractivity contribution < 1.29 is 22.4 Å². The summed E-state index contributed by atoms with van der Waals surface area (Å²) < 4.78 is 43.1. The molecule has 0 aliphatic carbocycles. The fraction of sp³-hybridized carbons (Fsp3) is 0.300. The maximum Gasteiger partial charge on any atom is 0.258 e. The molecule has 29 heavy (non-hydrogen) atoms. The highest BCUT2D eigenvalue weighted by Gasteiger charge is 2.26. The van der Waals surface area contributed by atoms with Crippen molar-refractivity contribution in [3.05, 3.63) is 42.5 Å². The molecule has 8 nitrogen and oxygen atoms in total. The molecule has 0 amide bonds. The van der Waals surface area contributed by atoms with Crippen LogP contribution in [0.1, 0.15) is 19.3 Å². The van der Waals surface area contributed by atoms with Crippen LogP contribution in [0.15, 0.2) is 51.9 Å². The summed E-state index contributed by atoms with van der Waals surface area (Å²) in [6, 6.07) is 12.0. The zero-order chi connectivity index (χ0) is 19.8. The number of hydrogen-bond acceptors (Lipinski definition) is 7. The molecule has 0 spiro atoms. The van der Waals surface area contributed by atoms with Gasteiger partial charge in [0.15, 0.2) is 11.5 Å². The summed E-state index contributed by atoms with van der Waals surface area (Å²) in [5, 5.41) is 4.02. The van der Waals surface area contributed by atoms with Crippen molar-refractivity contribution in [1.82, 2.24) is 14.4 Å². The molecule has 0 N–H and O–H groups in total. The number of piperidine rings is 1. The van der Waals surface area contributed by atoms with Gasteiger partial charge in [-0.25, -0.2) is 8.42 Å². The Kier molecular flexibility index (Phi) is 4.48. The van der Waals surface area contributed by atoms with E-state index in [2.05, 4.69) is 10.1 Å². The quantitative estimate of drug-likeness (QED) is 0.648. The third-order valence-corrected chi connectivity index (χ3v) is 7.02. The average molecular weight is 413 g/mol. The average Bonchev–Trinajstić information content (AvgIpc) is 3.43. The fourth-order valence-corrected chi connectivity index (χ4v) is 5.03. The summed E-state index contributed by atoms with van der Waals surface area (Å²) in [6.45, 7) is 1.35. The Balaban J connectivity index is 1.38. The first-order valence-electron chi connectivity index (χ1n) is 9.46. The van der Waals surface area contributed by atoms with Crippen molar-refractivity contribution in [2.75, 3.05) is 19.9 Å². The Hall–Kier alpha value is -2.91. The van der Waals surface area contributed by atoms with Gasteiger partial charge in [0.1, 0.15) is 0 Å². The molecule has 1 aromatic heterocycles. The second-order valence-corrected chi connectivity index (χ2v) is 8.92. The van der Waals surface area contributed by atoms with Crippen LogP contribution in [0.3, 0.4) is 0 Å². The molecule has 0 unspecified atom stereocenters. The highest BCUT2D eigenvalue weighted by Crippen LogP contribution is 2.36. The van der Waals surface area contributed by atoms with Gasteiger partial charge in [-0.2, -0.15) is 9.29 Å². The number of fused-ring (bicyclic) bond motifs is 1.